The SMILES string of the molecule is COc1cc(C2C3=C(CC(C)(C)CC3=O)Oc3nc(=S)n(-c4ccccc4)c(N)c32)cc(OC)c1OC. The number of rotatable bonds is 5. The molecule has 1 aliphatic heterocycles. The number of ether oxygens (including phenoxy) is 4. The minimum atomic E-state index is -0.575. The van der Waals surface area contributed by atoms with Crippen LogP contribution in [0.1, 0.15) is 43.7 Å². The number of anilines is 1. The van der Waals surface area contributed by atoms with Crippen LogP contribution in [0.25, 0.3) is 5.69 Å². The molecule has 0 bridgehead atoms. The molecule has 3 aromatic rings. The zero-order valence-corrected chi connectivity index (χ0v) is 22.3. The van der Waals surface area contributed by atoms with Gasteiger partial charge in [-0.3, -0.25) is 9.36 Å². The summed E-state index contributed by atoms with van der Waals surface area (Å²) in [4.78, 5) is 18.3. The van der Waals surface area contributed by atoms with Gasteiger partial charge in [-0.15, -0.1) is 0 Å². The number of ketones is 1. The van der Waals surface area contributed by atoms with E-state index in [0.717, 1.165) is 11.3 Å². The molecular weight excluding hydrogens is 490 g/mol. The number of para-hydroxylation sites is 1. The third-order valence-electron chi connectivity index (χ3n) is 6.85. The third-order valence-corrected chi connectivity index (χ3v) is 7.12. The van der Waals surface area contributed by atoms with Crippen molar-refractivity contribution < 1.29 is 23.7 Å². The standard InChI is InChI=1S/C28H29N3O5S/c1-28(2)13-17(32)22-20(14-28)36-26-23(25(29)31(27(37)30-26)16-9-7-6-8-10-16)21(22)15-11-18(33-3)24(35-5)19(12-15)34-4/h6-12,21H,13-14,29H2,1-5H3. The molecule has 1 unspecified atom stereocenters. The maximum atomic E-state index is 13.7. The first-order chi connectivity index (χ1) is 17.7. The van der Waals surface area contributed by atoms with Crippen LogP contribution in [0.15, 0.2) is 53.8 Å². The Morgan fingerprint density at radius 1 is 1.05 bits per heavy atom. The minimum absolute atomic E-state index is 0.00348. The molecule has 2 aromatic carbocycles. The van der Waals surface area contributed by atoms with Crippen molar-refractivity contribution in [2.45, 2.75) is 32.6 Å². The van der Waals surface area contributed by atoms with Crippen molar-refractivity contribution in [3.05, 3.63) is 69.7 Å². The largest absolute Gasteiger partial charge is 0.493 e. The lowest BCUT2D eigenvalue weighted by Gasteiger charge is -2.38. The summed E-state index contributed by atoms with van der Waals surface area (Å²) in [6.45, 7) is 4.10. The molecular formula is C28H29N3O5S. The number of aromatic nitrogens is 2. The molecule has 1 atom stereocenters. The number of fused-ring (bicyclic) bond motifs is 1. The molecule has 1 aromatic heterocycles. The second kappa shape index (κ2) is 9.23. The molecule has 2 aliphatic rings. The van der Waals surface area contributed by atoms with Gasteiger partial charge in [0.1, 0.15) is 11.6 Å². The van der Waals surface area contributed by atoms with Crippen LogP contribution in [-0.4, -0.2) is 36.7 Å². The van der Waals surface area contributed by atoms with E-state index in [-0.39, 0.29) is 16.0 Å². The molecule has 9 heteroatoms. The van der Waals surface area contributed by atoms with Crippen LogP contribution in [0.3, 0.4) is 0 Å². The maximum absolute atomic E-state index is 13.7. The minimum Gasteiger partial charge on any atom is -0.493 e. The summed E-state index contributed by atoms with van der Waals surface area (Å²) in [7, 11) is 4.66. The zero-order valence-electron chi connectivity index (χ0n) is 21.5. The number of methoxy groups -OCH3 is 3. The van der Waals surface area contributed by atoms with E-state index in [0.29, 0.717) is 58.7 Å². The topological polar surface area (TPSA) is 97.8 Å². The van der Waals surface area contributed by atoms with Crippen LogP contribution in [0.2, 0.25) is 0 Å². The van der Waals surface area contributed by atoms with Crippen LogP contribution < -0.4 is 24.7 Å². The molecule has 0 radical (unpaired) electrons. The Balaban J connectivity index is 1.84. The first-order valence-electron chi connectivity index (χ1n) is 11.9. The van der Waals surface area contributed by atoms with Crippen LogP contribution >= 0.6 is 12.2 Å². The molecule has 0 saturated heterocycles. The first-order valence-corrected chi connectivity index (χ1v) is 12.3. The number of hydrogen-bond acceptors (Lipinski definition) is 8. The highest BCUT2D eigenvalue weighted by atomic mass is 32.1. The highest BCUT2D eigenvalue weighted by Crippen LogP contribution is 2.53. The van der Waals surface area contributed by atoms with E-state index in [1.54, 1.807) is 25.9 Å². The van der Waals surface area contributed by atoms with E-state index in [2.05, 4.69) is 18.8 Å². The number of hydrogen-bond donors (Lipinski definition) is 1. The Morgan fingerprint density at radius 3 is 2.30 bits per heavy atom. The van der Waals surface area contributed by atoms with E-state index in [1.165, 1.54) is 0 Å². The summed E-state index contributed by atoms with van der Waals surface area (Å²) < 4.78 is 25.1. The second-order valence-corrected chi connectivity index (χ2v) is 10.3. The van der Waals surface area contributed by atoms with Crippen molar-refractivity contribution in [2.24, 2.45) is 5.41 Å². The van der Waals surface area contributed by atoms with Crippen molar-refractivity contribution in [1.29, 1.82) is 0 Å². The zero-order chi connectivity index (χ0) is 26.5. The van der Waals surface area contributed by atoms with Crippen molar-refractivity contribution in [3.63, 3.8) is 0 Å². The molecule has 5 rings (SSSR count). The number of allylic oxidation sites excluding steroid dienone is 2. The van der Waals surface area contributed by atoms with Gasteiger partial charge in [0.2, 0.25) is 16.4 Å². The normalized spacial score (nSPS) is 18.0. The monoisotopic (exact) mass is 519 g/mol. The van der Waals surface area contributed by atoms with Crippen LogP contribution in [0.4, 0.5) is 5.82 Å². The Kier molecular flexibility index (Phi) is 6.19. The number of nitrogen functional groups attached to an aromatic ring is 1. The lowest BCUT2D eigenvalue weighted by molar-refractivity contribution is -0.118. The van der Waals surface area contributed by atoms with Gasteiger partial charge in [-0.1, -0.05) is 32.0 Å². The van der Waals surface area contributed by atoms with Crippen molar-refractivity contribution in [2.75, 3.05) is 27.1 Å². The van der Waals surface area contributed by atoms with Gasteiger partial charge in [0, 0.05) is 24.1 Å². The Labute approximate surface area is 220 Å². The number of nitrogens with two attached hydrogens (primary N) is 1. The van der Waals surface area contributed by atoms with Gasteiger partial charge in [-0.25, -0.2) is 0 Å². The Hall–Kier alpha value is -3.85. The van der Waals surface area contributed by atoms with Gasteiger partial charge in [0.15, 0.2) is 17.3 Å². The molecule has 192 valence electrons. The van der Waals surface area contributed by atoms with Gasteiger partial charge in [0.25, 0.3) is 0 Å². The van der Waals surface area contributed by atoms with Crippen LogP contribution in [0, 0.1) is 10.2 Å². The number of carbonyl (C=O) groups is 1. The van der Waals surface area contributed by atoms with Crippen LogP contribution in [0.5, 0.6) is 23.1 Å². The van der Waals surface area contributed by atoms with Gasteiger partial charge in [-0.2, -0.15) is 4.98 Å². The number of carbonyl (C=O) groups excluding carboxylic acids is 1. The average molecular weight is 520 g/mol. The highest BCUT2D eigenvalue weighted by molar-refractivity contribution is 7.71. The first kappa shape index (κ1) is 24.8. The van der Waals surface area contributed by atoms with E-state index >= 15 is 0 Å². The lowest BCUT2D eigenvalue weighted by atomic mass is 9.70. The molecule has 0 amide bonds. The van der Waals surface area contributed by atoms with Crippen molar-refractivity contribution in [3.8, 4) is 28.8 Å². The molecule has 0 fully saturated rings. The smallest absolute Gasteiger partial charge is 0.229 e. The summed E-state index contributed by atoms with van der Waals surface area (Å²) in [5, 5.41) is 0. The summed E-state index contributed by atoms with van der Waals surface area (Å²) >= 11 is 5.64. The molecule has 2 N–H and O–H groups in total. The molecule has 0 saturated carbocycles. The number of nitrogens with zero attached hydrogens (tertiary/aromatic N) is 2. The predicted molar refractivity (Wildman–Crippen MR) is 142 cm³/mol. The summed E-state index contributed by atoms with van der Waals surface area (Å²) in [6, 6.07) is 13.2. The average Bonchev–Trinajstić information content (AvgIpc) is 2.86. The lowest BCUT2D eigenvalue weighted by Crippen LogP contribution is -2.34. The van der Waals surface area contributed by atoms with E-state index in [1.807, 2.05) is 42.5 Å². The van der Waals surface area contributed by atoms with Gasteiger partial charge in [-0.05, 0) is 47.5 Å². The summed E-state index contributed by atoms with van der Waals surface area (Å²) in [6.07, 6.45) is 0.965. The fraction of sp³-hybridized carbons (Fsp3) is 0.321. The van der Waals surface area contributed by atoms with Gasteiger partial charge in [0.05, 0.1) is 32.8 Å². The fourth-order valence-corrected chi connectivity index (χ4v) is 5.55. The van der Waals surface area contributed by atoms with Crippen molar-refractivity contribution in [1.82, 2.24) is 9.55 Å². The summed E-state index contributed by atoms with van der Waals surface area (Å²) in [5.74, 6) is 2.07. The van der Waals surface area contributed by atoms with E-state index in [4.69, 9.17) is 36.9 Å². The summed E-state index contributed by atoms with van der Waals surface area (Å²) in [5.41, 5.74) is 9.22. The quantitative estimate of drug-likeness (QED) is 0.449. The molecule has 1 aliphatic carbocycles. The number of benzene rings is 2. The van der Waals surface area contributed by atoms with Crippen molar-refractivity contribution >= 4 is 23.8 Å². The molecule has 2 heterocycles. The van der Waals surface area contributed by atoms with Gasteiger partial charge >= 0.3 is 0 Å². The molecule has 8 nitrogen and oxygen atoms in total. The Morgan fingerprint density at radius 2 is 1.70 bits per heavy atom. The molecule has 0 spiro atoms. The van der Waals surface area contributed by atoms with E-state index in [9.17, 15) is 4.79 Å². The fourth-order valence-electron chi connectivity index (χ4n) is 5.26. The third kappa shape index (κ3) is 4.13. The second-order valence-electron chi connectivity index (χ2n) is 9.94. The number of Topliss-reactive ketones (excluding diaryl/α,β-unsaturated/α-hetero) is 1. The maximum Gasteiger partial charge on any atom is 0.229 e. The Bertz CT molecular complexity index is 1470. The van der Waals surface area contributed by atoms with Gasteiger partial charge < -0.3 is 24.7 Å². The van der Waals surface area contributed by atoms with Crippen LogP contribution in [-0.2, 0) is 4.79 Å². The highest BCUT2D eigenvalue weighted by Gasteiger charge is 2.44. The molecule has 37 heavy (non-hydrogen) atoms. The van der Waals surface area contributed by atoms with E-state index < -0.39 is 5.92 Å². The predicted octanol–water partition coefficient (Wildman–Crippen LogP) is 5.38.